The molecule has 0 unspecified atom stereocenters. The molecule has 8 nitrogen and oxygen atoms in total. The van der Waals surface area contributed by atoms with Gasteiger partial charge in [-0.25, -0.2) is 10.1 Å². The maximum Gasteiger partial charge on any atom is 0.322 e. The summed E-state index contributed by atoms with van der Waals surface area (Å²) in [7, 11) is 0. The summed E-state index contributed by atoms with van der Waals surface area (Å²) in [5.74, 6) is -4.67. The van der Waals surface area contributed by atoms with E-state index in [0.717, 1.165) is 0 Å². The van der Waals surface area contributed by atoms with Gasteiger partial charge in [-0.2, -0.15) is 0 Å². The molecule has 1 aromatic rings. The molecule has 0 saturated heterocycles. The highest BCUT2D eigenvalue weighted by Crippen LogP contribution is 2.21. The molecule has 108 valence electrons. The first kappa shape index (κ1) is 15.6. The summed E-state index contributed by atoms with van der Waals surface area (Å²) in [4.78, 5) is 29.6. The first-order valence-electron chi connectivity index (χ1n) is 5.35. The smallest absolute Gasteiger partial charge is 0.322 e. The van der Waals surface area contributed by atoms with Gasteiger partial charge in [-0.3, -0.25) is 14.8 Å². The van der Waals surface area contributed by atoms with Gasteiger partial charge in [0, 0.05) is 5.56 Å². The number of carboxylic acids is 2. The molecule has 0 amide bonds. The summed E-state index contributed by atoms with van der Waals surface area (Å²) in [6.07, 6.45) is 1.22. The summed E-state index contributed by atoms with van der Waals surface area (Å²) < 4.78 is 0. The second-order valence-corrected chi connectivity index (χ2v) is 3.69. The summed E-state index contributed by atoms with van der Waals surface area (Å²) in [6.45, 7) is -0.232. The van der Waals surface area contributed by atoms with Gasteiger partial charge in [0.25, 0.3) is 0 Å². The Bertz CT molecular complexity index is 491. The minimum absolute atomic E-state index is 0.0344. The Hall–Kier alpha value is -2.42. The van der Waals surface area contributed by atoms with E-state index in [4.69, 9.17) is 20.7 Å². The Morgan fingerprint density at radius 3 is 2.05 bits per heavy atom. The number of hydrogen-bond acceptors (Lipinski definition) is 6. The molecule has 4 N–H and O–H groups in total. The van der Waals surface area contributed by atoms with Crippen LogP contribution >= 0.6 is 0 Å². The molecule has 0 saturated carbocycles. The van der Waals surface area contributed by atoms with Gasteiger partial charge >= 0.3 is 11.9 Å². The second-order valence-electron chi connectivity index (χ2n) is 3.69. The third-order valence-corrected chi connectivity index (χ3v) is 2.46. The predicted octanol–water partition coefficient (Wildman–Crippen LogP) is 1.26. The highest BCUT2D eigenvalue weighted by atomic mass is 17.1. The zero-order chi connectivity index (χ0) is 15.1. The molecule has 0 aliphatic rings. The van der Waals surface area contributed by atoms with Crippen LogP contribution in [0.1, 0.15) is 17.0 Å². The SMILES string of the molecule is O=C(O)C(C(=O)O)c1ccc(/C(=C\COO)OO)cc1. The van der Waals surface area contributed by atoms with Gasteiger partial charge in [-0.15, -0.1) is 0 Å². The van der Waals surface area contributed by atoms with E-state index in [9.17, 15) is 9.59 Å². The van der Waals surface area contributed by atoms with Gasteiger partial charge < -0.3 is 15.1 Å². The highest BCUT2D eigenvalue weighted by molar-refractivity contribution is 5.99. The van der Waals surface area contributed by atoms with Gasteiger partial charge in [-0.05, 0) is 11.6 Å². The Morgan fingerprint density at radius 2 is 1.65 bits per heavy atom. The van der Waals surface area contributed by atoms with Crippen LogP contribution in [0.2, 0.25) is 0 Å². The van der Waals surface area contributed by atoms with Crippen molar-refractivity contribution in [2.45, 2.75) is 5.92 Å². The predicted molar refractivity (Wildman–Crippen MR) is 64.7 cm³/mol. The topological polar surface area (TPSA) is 134 Å². The van der Waals surface area contributed by atoms with Gasteiger partial charge in [0.1, 0.15) is 6.61 Å². The van der Waals surface area contributed by atoms with E-state index in [0.29, 0.717) is 5.56 Å². The fourth-order valence-electron chi connectivity index (χ4n) is 1.55. The monoisotopic (exact) mass is 284 g/mol. The van der Waals surface area contributed by atoms with Crippen LogP contribution in [0, 0.1) is 0 Å². The third kappa shape index (κ3) is 3.79. The van der Waals surface area contributed by atoms with Crippen LogP contribution in [0.5, 0.6) is 0 Å². The van der Waals surface area contributed by atoms with Crippen LogP contribution in [0.3, 0.4) is 0 Å². The van der Waals surface area contributed by atoms with Crippen molar-refractivity contribution < 1.29 is 40.1 Å². The van der Waals surface area contributed by atoms with E-state index in [1.807, 2.05) is 0 Å². The maximum atomic E-state index is 10.9. The lowest BCUT2D eigenvalue weighted by Crippen LogP contribution is -2.20. The average molecular weight is 284 g/mol. The van der Waals surface area contributed by atoms with E-state index in [2.05, 4.69) is 9.78 Å². The van der Waals surface area contributed by atoms with Gasteiger partial charge in [0.2, 0.25) is 0 Å². The van der Waals surface area contributed by atoms with Crippen LogP contribution in [-0.4, -0.2) is 39.3 Å². The summed E-state index contributed by atoms with van der Waals surface area (Å²) in [5, 5.41) is 34.5. The van der Waals surface area contributed by atoms with Crippen molar-refractivity contribution in [2.24, 2.45) is 0 Å². The van der Waals surface area contributed by atoms with Crippen molar-refractivity contribution in [1.82, 2.24) is 0 Å². The highest BCUT2D eigenvalue weighted by Gasteiger charge is 2.27. The van der Waals surface area contributed by atoms with Crippen molar-refractivity contribution in [1.29, 1.82) is 0 Å². The molecule has 0 fully saturated rings. The average Bonchev–Trinajstić information content (AvgIpc) is 2.40. The Morgan fingerprint density at radius 1 is 1.10 bits per heavy atom. The van der Waals surface area contributed by atoms with Crippen molar-refractivity contribution >= 4 is 17.7 Å². The molecule has 0 aliphatic heterocycles. The van der Waals surface area contributed by atoms with Crippen LogP contribution < -0.4 is 0 Å². The lowest BCUT2D eigenvalue weighted by atomic mass is 9.98. The number of carbonyl (C=O) groups is 2. The lowest BCUT2D eigenvalue weighted by Gasteiger charge is -2.09. The normalized spacial score (nSPS) is 11.4. The molecule has 20 heavy (non-hydrogen) atoms. The molecule has 1 aromatic carbocycles. The van der Waals surface area contributed by atoms with E-state index in [1.165, 1.54) is 30.3 Å². The van der Waals surface area contributed by atoms with Crippen molar-refractivity contribution in [3.05, 3.63) is 41.5 Å². The number of rotatable bonds is 7. The zero-order valence-corrected chi connectivity index (χ0v) is 10.1. The van der Waals surface area contributed by atoms with Gasteiger partial charge in [0.15, 0.2) is 11.7 Å². The third-order valence-electron chi connectivity index (χ3n) is 2.46. The number of aliphatic carboxylic acids is 2. The first-order chi connectivity index (χ1) is 9.51. The van der Waals surface area contributed by atoms with Crippen molar-refractivity contribution in [3.63, 3.8) is 0 Å². The van der Waals surface area contributed by atoms with Crippen molar-refractivity contribution in [2.75, 3.05) is 6.61 Å². The number of benzene rings is 1. The van der Waals surface area contributed by atoms with Crippen LogP contribution in [0.4, 0.5) is 0 Å². The molecular weight excluding hydrogens is 272 g/mol. The van der Waals surface area contributed by atoms with E-state index in [1.54, 1.807) is 0 Å². The Kier molecular flexibility index (Phi) is 5.66. The summed E-state index contributed by atoms with van der Waals surface area (Å²) in [6, 6.07) is 5.31. The molecule has 0 aliphatic carbocycles. The lowest BCUT2D eigenvalue weighted by molar-refractivity contribution is -0.232. The maximum absolute atomic E-state index is 10.9. The van der Waals surface area contributed by atoms with E-state index >= 15 is 0 Å². The van der Waals surface area contributed by atoms with Crippen LogP contribution in [0.25, 0.3) is 5.76 Å². The van der Waals surface area contributed by atoms with Gasteiger partial charge in [-0.1, -0.05) is 24.3 Å². The molecule has 0 aromatic heterocycles. The molecule has 0 radical (unpaired) electrons. The van der Waals surface area contributed by atoms with E-state index in [-0.39, 0.29) is 17.9 Å². The largest absolute Gasteiger partial charge is 0.480 e. The molecule has 0 spiro atoms. The second kappa shape index (κ2) is 7.24. The number of carboxylic acid groups (broad SMARTS) is 2. The Labute approximate surface area is 113 Å². The zero-order valence-electron chi connectivity index (χ0n) is 10.1. The fourth-order valence-corrected chi connectivity index (χ4v) is 1.55. The minimum atomic E-state index is -1.67. The quantitative estimate of drug-likeness (QED) is 0.254. The molecule has 1 rings (SSSR count). The fraction of sp³-hybridized carbons (Fsp3) is 0.167. The molecule has 8 heteroatoms. The standard InChI is InChI=1S/C12H12O8/c13-11(14)10(12(15)16)8-3-1-7(2-4-8)9(20-18)5-6-19-17/h1-5,10,17-18H,6H2,(H,13,14)(H,15,16)/b9-5+. The summed E-state index contributed by atoms with van der Waals surface area (Å²) in [5.41, 5.74) is 0.423. The van der Waals surface area contributed by atoms with E-state index < -0.39 is 17.9 Å². The molecule has 0 heterocycles. The first-order valence-corrected chi connectivity index (χ1v) is 5.35. The van der Waals surface area contributed by atoms with Crippen LogP contribution in [0.15, 0.2) is 30.3 Å². The number of hydrogen-bond donors (Lipinski definition) is 4. The van der Waals surface area contributed by atoms with Crippen molar-refractivity contribution in [3.8, 4) is 0 Å². The Balaban J connectivity index is 3.03. The summed E-state index contributed by atoms with van der Waals surface area (Å²) >= 11 is 0. The molecule has 0 atom stereocenters. The van der Waals surface area contributed by atoms with Crippen LogP contribution in [-0.2, 0) is 19.4 Å². The van der Waals surface area contributed by atoms with Gasteiger partial charge in [0.05, 0.1) is 0 Å². The molecule has 0 bridgehead atoms. The minimum Gasteiger partial charge on any atom is -0.480 e. The molecular formula is C12H12O8.